The molecule has 0 spiro atoms. The van der Waals surface area contributed by atoms with E-state index in [0.29, 0.717) is 30.9 Å². The van der Waals surface area contributed by atoms with E-state index in [4.69, 9.17) is 18.6 Å². The highest BCUT2D eigenvalue weighted by molar-refractivity contribution is 6.00. The summed E-state index contributed by atoms with van der Waals surface area (Å²) >= 11 is 0. The van der Waals surface area contributed by atoms with E-state index in [-0.39, 0.29) is 49.3 Å². The number of ketones is 1. The van der Waals surface area contributed by atoms with Gasteiger partial charge < -0.3 is 34.2 Å². The Hall–Kier alpha value is -4.94. The van der Waals surface area contributed by atoms with E-state index >= 15 is 0 Å². The molecule has 2 aliphatic rings. The number of hydrogen-bond acceptors (Lipinski definition) is 10. The lowest BCUT2D eigenvalue weighted by molar-refractivity contribution is -0.141. The first kappa shape index (κ1) is 32.5. The summed E-state index contributed by atoms with van der Waals surface area (Å²) in [6.07, 6.45) is 0.569. The normalized spacial score (nSPS) is 16.7. The average Bonchev–Trinajstić information content (AvgIpc) is 3.82. The summed E-state index contributed by atoms with van der Waals surface area (Å²) in [4.78, 5) is 54.8. The number of benzene rings is 2. The second-order valence-electron chi connectivity index (χ2n) is 12.1. The molecule has 3 aromatic rings. The molecule has 5 rings (SSSR count). The molecule has 244 valence electrons. The molecule has 0 unspecified atom stereocenters. The Morgan fingerprint density at radius 3 is 2.39 bits per heavy atom. The number of Topliss-reactive ketones (excluding diaryl/α,β-unsaturated/α-hetero) is 1. The number of carbonyl (C=O) groups excluding carboxylic acids is 4. The van der Waals surface area contributed by atoms with Crippen molar-refractivity contribution in [3.8, 4) is 11.5 Å². The van der Waals surface area contributed by atoms with Crippen molar-refractivity contribution >= 4 is 23.7 Å². The number of nitrogens with zero attached hydrogens (tertiary/aromatic N) is 3. The Labute approximate surface area is 267 Å². The number of likely N-dealkylation sites (tertiary alicyclic amines) is 1. The standard InChI is InChI=1S/C33H39N5O8/c1-19(2)27(29(39)31-37-36-26(46-31)16-22-12-13-24-25(15-22)45-18-44-24)34-30(40)23-11-8-14-38(23)32(41)28(20(3)4)35-33(42)43-17-21-9-6-5-7-10-21/h5-7,9-10,12-13,15,19-20,23,27-28H,8,11,14,16-18H2,1-4H3,(H,34,40)(H,35,42)/t23-,27-,28-/m0/s1. The molecule has 1 saturated heterocycles. The van der Waals surface area contributed by atoms with Crippen LogP contribution < -0.4 is 20.1 Å². The molecule has 1 fully saturated rings. The zero-order valence-corrected chi connectivity index (χ0v) is 26.4. The maximum Gasteiger partial charge on any atom is 0.408 e. The molecular weight excluding hydrogens is 594 g/mol. The molecule has 2 N–H and O–H groups in total. The van der Waals surface area contributed by atoms with Crippen LogP contribution in [0.1, 0.15) is 68.2 Å². The van der Waals surface area contributed by atoms with Crippen LogP contribution in [-0.2, 0) is 27.4 Å². The molecule has 0 aliphatic carbocycles. The van der Waals surface area contributed by atoms with Crippen LogP contribution in [-0.4, -0.2) is 70.3 Å². The number of hydrogen-bond donors (Lipinski definition) is 2. The first-order valence-electron chi connectivity index (χ1n) is 15.4. The molecule has 13 nitrogen and oxygen atoms in total. The third-order valence-corrected chi connectivity index (χ3v) is 7.97. The quantitative estimate of drug-likeness (QED) is 0.282. The van der Waals surface area contributed by atoms with Crippen molar-refractivity contribution in [3.63, 3.8) is 0 Å². The minimum Gasteiger partial charge on any atom is -0.454 e. The first-order chi connectivity index (χ1) is 22.1. The molecule has 2 aromatic carbocycles. The maximum atomic E-state index is 13.7. The lowest BCUT2D eigenvalue weighted by atomic mass is 9.98. The van der Waals surface area contributed by atoms with Gasteiger partial charge in [0, 0.05) is 6.54 Å². The number of nitrogens with one attached hydrogen (secondary N) is 2. The molecule has 3 heterocycles. The predicted octanol–water partition coefficient (Wildman–Crippen LogP) is 3.65. The molecule has 2 aliphatic heterocycles. The number of alkyl carbamates (subject to hydrolysis) is 1. The van der Waals surface area contributed by atoms with Crippen molar-refractivity contribution in [1.82, 2.24) is 25.7 Å². The molecular formula is C33H39N5O8. The van der Waals surface area contributed by atoms with Crippen LogP contribution in [0.3, 0.4) is 0 Å². The monoisotopic (exact) mass is 633 g/mol. The number of ether oxygens (including phenoxy) is 3. The zero-order chi connectivity index (χ0) is 32.8. The average molecular weight is 634 g/mol. The van der Waals surface area contributed by atoms with Crippen molar-refractivity contribution in [3.05, 3.63) is 71.4 Å². The summed E-state index contributed by atoms with van der Waals surface area (Å²) in [5.41, 5.74) is 1.65. The van der Waals surface area contributed by atoms with Gasteiger partial charge in [0.1, 0.15) is 18.7 Å². The van der Waals surface area contributed by atoms with Crippen LogP contribution in [0.5, 0.6) is 11.5 Å². The van der Waals surface area contributed by atoms with Crippen molar-refractivity contribution in [2.45, 2.75) is 71.7 Å². The fraction of sp³-hybridized carbons (Fsp3) is 0.455. The number of fused-ring (bicyclic) bond motifs is 1. The third kappa shape index (κ3) is 7.64. The number of carbonyl (C=O) groups is 4. The Morgan fingerprint density at radius 2 is 1.65 bits per heavy atom. The van der Waals surface area contributed by atoms with E-state index in [2.05, 4.69) is 20.8 Å². The van der Waals surface area contributed by atoms with E-state index in [0.717, 1.165) is 11.1 Å². The third-order valence-electron chi connectivity index (χ3n) is 7.97. The van der Waals surface area contributed by atoms with Crippen molar-refractivity contribution in [2.24, 2.45) is 11.8 Å². The van der Waals surface area contributed by atoms with Gasteiger partial charge in [0.2, 0.25) is 30.3 Å². The maximum absolute atomic E-state index is 13.7. The van der Waals surface area contributed by atoms with E-state index in [9.17, 15) is 19.2 Å². The summed E-state index contributed by atoms with van der Waals surface area (Å²) < 4.78 is 21.8. The highest BCUT2D eigenvalue weighted by Crippen LogP contribution is 2.33. The smallest absolute Gasteiger partial charge is 0.408 e. The number of aromatic nitrogens is 2. The zero-order valence-electron chi connectivity index (χ0n) is 26.4. The van der Waals surface area contributed by atoms with Crippen LogP contribution in [0.4, 0.5) is 4.79 Å². The SMILES string of the molecule is CC(C)[C@H](NC(=O)[C@@H]1CCCN1C(=O)[C@@H](NC(=O)OCc1ccccc1)C(C)C)C(=O)c1nnc(Cc2ccc3c(c2)OCO3)o1. The first-order valence-corrected chi connectivity index (χ1v) is 15.4. The van der Waals surface area contributed by atoms with Gasteiger partial charge in [-0.25, -0.2) is 4.79 Å². The highest BCUT2D eigenvalue weighted by atomic mass is 16.7. The van der Waals surface area contributed by atoms with Gasteiger partial charge in [-0.1, -0.05) is 64.1 Å². The van der Waals surface area contributed by atoms with Crippen LogP contribution >= 0.6 is 0 Å². The van der Waals surface area contributed by atoms with Crippen LogP contribution in [0.2, 0.25) is 0 Å². The minimum absolute atomic E-state index is 0.0605. The fourth-order valence-electron chi connectivity index (χ4n) is 5.45. The van der Waals surface area contributed by atoms with Gasteiger partial charge in [-0.3, -0.25) is 14.4 Å². The summed E-state index contributed by atoms with van der Waals surface area (Å²) in [5, 5.41) is 13.5. The van der Waals surface area contributed by atoms with Gasteiger partial charge in [0.25, 0.3) is 5.89 Å². The van der Waals surface area contributed by atoms with Gasteiger partial charge in [-0.15, -0.1) is 10.2 Å². The Bertz CT molecular complexity index is 1560. The van der Waals surface area contributed by atoms with Gasteiger partial charge in [0.15, 0.2) is 11.5 Å². The van der Waals surface area contributed by atoms with Crippen LogP contribution in [0.15, 0.2) is 52.9 Å². The second kappa shape index (κ2) is 14.4. The second-order valence-corrected chi connectivity index (χ2v) is 12.1. The molecule has 0 radical (unpaired) electrons. The Balaban J connectivity index is 1.20. The molecule has 3 atom stereocenters. The molecule has 46 heavy (non-hydrogen) atoms. The topological polar surface area (TPSA) is 162 Å². The lowest BCUT2D eigenvalue weighted by Gasteiger charge is -2.31. The van der Waals surface area contributed by atoms with Gasteiger partial charge in [0.05, 0.1) is 12.5 Å². The summed E-state index contributed by atoms with van der Waals surface area (Å²) in [7, 11) is 0. The van der Waals surface area contributed by atoms with Gasteiger partial charge >= 0.3 is 6.09 Å². The Kier molecular flexibility index (Phi) is 10.2. The summed E-state index contributed by atoms with van der Waals surface area (Å²) in [6, 6.07) is 12.0. The molecule has 13 heteroatoms. The van der Waals surface area contributed by atoms with Crippen molar-refractivity contribution in [1.29, 1.82) is 0 Å². The van der Waals surface area contributed by atoms with E-state index in [1.807, 2.05) is 56.3 Å². The molecule has 3 amide bonds. The lowest BCUT2D eigenvalue weighted by Crippen LogP contribution is -2.57. The van der Waals surface area contributed by atoms with Crippen molar-refractivity contribution < 1.29 is 37.8 Å². The number of rotatable bonds is 12. The minimum atomic E-state index is -0.962. The molecule has 0 bridgehead atoms. The van der Waals surface area contributed by atoms with Gasteiger partial charge in [-0.05, 0) is 47.9 Å². The van der Waals surface area contributed by atoms with Crippen LogP contribution in [0, 0.1) is 11.8 Å². The largest absolute Gasteiger partial charge is 0.454 e. The fourth-order valence-corrected chi connectivity index (χ4v) is 5.45. The van der Waals surface area contributed by atoms with E-state index < -0.39 is 35.9 Å². The van der Waals surface area contributed by atoms with Crippen molar-refractivity contribution in [2.75, 3.05) is 13.3 Å². The van der Waals surface area contributed by atoms with Gasteiger partial charge in [-0.2, -0.15) is 0 Å². The summed E-state index contributed by atoms with van der Waals surface area (Å²) in [6.45, 7) is 7.77. The molecule has 0 saturated carbocycles. The van der Waals surface area contributed by atoms with E-state index in [1.54, 1.807) is 19.9 Å². The predicted molar refractivity (Wildman–Crippen MR) is 164 cm³/mol. The summed E-state index contributed by atoms with van der Waals surface area (Å²) in [5.74, 6) is -0.661. The highest BCUT2D eigenvalue weighted by Gasteiger charge is 2.40. The van der Waals surface area contributed by atoms with Crippen LogP contribution in [0.25, 0.3) is 0 Å². The number of amides is 3. The Morgan fingerprint density at radius 1 is 0.913 bits per heavy atom. The molecule has 1 aromatic heterocycles. The van der Waals surface area contributed by atoms with E-state index in [1.165, 1.54) is 4.90 Å².